The average Bonchev–Trinajstić information content (AvgIpc) is 2.00. The van der Waals surface area contributed by atoms with Crippen molar-refractivity contribution in [2.45, 2.75) is 18.9 Å². The van der Waals surface area contributed by atoms with E-state index in [4.69, 9.17) is 4.43 Å². The first-order valence-electron chi connectivity index (χ1n) is 3.44. The lowest BCUT2D eigenvalue weighted by atomic mass is 10.2. The summed E-state index contributed by atoms with van der Waals surface area (Å²) < 4.78 is 4.95. The molecule has 0 saturated heterocycles. The van der Waals surface area contributed by atoms with Gasteiger partial charge in [0.25, 0.3) is 5.97 Å². The van der Waals surface area contributed by atoms with Gasteiger partial charge in [-0.1, -0.05) is 19.1 Å². The molecule has 0 amide bonds. The molecule has 62 valence electrons. The SMILES string of the molecule is C=CC(C)(C=C)[SiH2]OC(C)=O. The van der Waals surface area contributed by atoms with Gasteiger partial charge in [0.1, 0.15) is 0 Å². The predicted molar refractivity (Wildman–Crippen MR) is 49.1 cm³/mol. The Morgan fingerprint density at radius 1 is 1.55 bits per heavy atom. The average molecular weight is 170 g/mol. The Morgan fingerprint density at radius 2 is 2.00 bits per heavy atom. The van der Waals surface area contributed by atoms with Crippen LogP contribution in [0.2, 0.25) is 5.04 Å². The Bertz CT molecular complexity index is 167. The van der Waals surface area contributed by atoms with Crippen LogP contribution in [-0.2, 0) is 9.22 Å². The lowest BCUT2D eigenvalue weighted by molar-refractivity contribution is -0.132. The van der Waals surface area contributed by atoms with Gasteiger partial charge in [0.05, 0.1) is 0 Å². The summed E-state index contributed by atoms with van der Waals surface area (Å²) in [5, 5.41) is -0.161. The molecule has 0 aromatic carbocycles. The third-order valence-corrected chi connectivity index (χ3v) is 3.27. The summed E-state index contributed by atoms with van der Waals surface area (Å²) in [6.07, 6.45) is 3.55. The van der Waals surface area contributed by atoms with Gasteiger partial charge in [-0.2, -0.15) is 0 Å². The first-order chi connectivity index (χ1) is 5.04. The highest BCUT2D eigenvalue weighted by Crippen LogP contribution is 2.25. The molecule has 0 rings (SSSR count). The second-order valence-corrected chi connectivity index (χ2v) is 4.80. The van der Waals surface area contributed by atoms with E-state index in [1.807, 2.05) is 6.92 Å². The normalized spacial score (nSPS) is 11.5. The smallest absolute Gasteiger partial charge is 0.288 e. The fraction of sp³-hybridized carbons (Fsp3) is 0.375. The van der Waals surface area contributed by atoms with E-state index in [2.05, 4.69) is 13.2 Å². The number of hydrogen-bond donors (Lipinski definition) is 0. The van der Waals surface area contributed by atoms with Crippen LogP contribution in [0.5, 0.6) is 0 Å². The van der Waals surface area contributed by atoms with E-state index in [0.717, 1.165) is 0 Å². The third-order valence-electron chi connectivity index (χ3n) is 1.52. The minimum atomic E-state index is -0.904. The molecule has 0 aliphatic rings. The van der Waals surface area contributed by atoms with Gasteiger partial charge in [0.15, 0.2) is 0 Å². The topological polar surface area (TPSA) is 26.3 Å². The monoisotopic (exact) mass is 170 g/mol. The second-order valence-electron chi connectivity index (χ2n) is 2.69. The molecule has 0 aromatic heterocycles. The van der Waals surface area contributed by atoms with Crippen molar-refractivity contribution in [1.29, 1.82) is 0 Å². The minimum Gasteiger partial charge on any atom is -0.524 e. The van der Waals surface area contributed by atoms with Crippen LogP contribution in [0, 0.1) is 0 Å². The van der Waals surface area contributed by atoms with Crippen molar-refractivity contribution in [3.05, 3.63) is 25.3 Å². The standard InChI is InChI=1S/C8H14O2Si/c1-5-8(4,6-2)11-10-7(3)9/h5-6H,1-2,11H2,3-4H3. The van der Waals surface area contributed by atoms with Crippen molar-refractivity contribution < 1.29 is 9.22 Å². The number of rotatable bonds is 4. The highest BCUT2D eigenvalue weighted by molar-refractivity contribution is 6.36. The van der Waals surface area contributed by atoms with Gasteiger partial charge in [-0.05, 0) is 0 Å². The third kappa shape index (κ3) is 3.78. The van der Waals surface area contributed by atoms with Crippen LogP contribution in [0.3, 0.4) is 0 Å². The maximum absolute atomic E-state index is 10.5. The van der Waals surface area contributed by atoms with Gasteiger partial charge in [-0.25, -0.2) is 0 Å². The van der Waals surface area contributed by atoms with Crippen LogP contribution in [-0.4, -0.2) is 15.7 Å². The maximum Gasteiger partial charge on any atom is 0.288 e. The van der Waals surface area contributed by atoms with E-state index in [9.17, 15) is 4.79 Å². The molecule has 0 heterocycles. The molecule has 0 spiro atoms. The van der Waals surface area contributed by atoms with Gasteiger partial charge in [-0.15, -0.1) is 13.2 Å². The highest BCUT2D eigenvalue weighted by Gasteiger charge is 2.18. The molecule has 0 N–H and O–H groups in total. The van der Waals surface area contributed by atoms with Gasteiger partial charge >= 0.3 is 0 Å². The molecule has 0 saturated carbocycles. The van der Waals surface area contributed by atoms with Gasteiger partial charge in [-0.3, -0.25) is 4.79 Å². The van der Waals surface area contributed by atoms with E-state index < -0.39 is 9.76 Å². The first kappa shape index (κ1) is 10.2. The molecule has 0 aliphatic carbocycles. The van der Waals surface area contributed by atoms with E-state index in [1.54, 1.807) is 12.2 Å². The quantitative estimate of drug-likeness (QED) is 0.468. The summed E-state index contributed by atoms with van der Waals surface area (Å²) in [7, 11) is -0.904. The summed E-state index contributed by atoms with van der Waals surface area (Å²) in [4.78, 5) is 10.5. The Balaban J connectivity index is 3.98. The molecule has 0 aliphatic heterocycles. The van der Waals surface area contributed by atoms with Gasteiger partial charge < -0.3 is 4.43 Å². The molecular formula is C8H14O2Si. The summed E-state index contributed by atoms with van der Waals surface area (Å²) >= 11 is 0. The fourth-order valence-electron chi connectivity index (χ4n) is 0.458. The Labute approximate surface area is 69.9 Å². The van der Waals surface area contributed by atoms with Crippen LogP contribution in [0.4, 0.5) is 0 Å². The van der Waals surface area contributed by atoms with E-state index in [1.165, 1.54) is 6.92 Å². The molecule has 0 aromatic rings. The molecule has 0 unspecified atom stereocenters. The van der Waals surface area contributed by atoms with Crippen LogP contribution in [0.15, 0.2) is 25.3 Å². The maximum atomic E-state index is 10.5. The lowest BCUT2D eigenvalue weighted by Gasteiger charge is -2.18. The molecule has 0 fully saturated rings. The Kier molecular flexibility index (Phi) is 3.82. The van der Waals surface area contributed by atoms with Crippen molar-refractivity contribution in [2.75, 3.05) is 0 Å². The van der Waals surface area contributed by atoms with Gasteiger partial charge in [0.2, 0.25) is 9.76 Å². The molecule has 0 radical (unpaired) electrons. The Hall–Kier alpha value is -0.833. The van der Waals surface area contributed by atoms with E-state index in [-0.39, 0.29) is 11.0 Å². The van der Waals surface area contributed by atoms with Crippen molar-refractivity contribution in [1.82, 2.24) is 0 Å². The van der Waals surface area contributed by atoms with Crippen molar-refractivity contribution in [3.8, 4) is 0 Å². The van der Waals surface area contributed by atoms with Crippen LogP contribution >= 0.6 is 0 Å². The van der Waals surface area contributed by atoms with Crippen LogP contribution < -0.4 is 0 Å². The summed E-state index contributed by atoms with van der Waals surface area (Å²) in [6, 6.07) is 0. The summed E-state index contributed by atoms with van der Waals surface area (Å²) in [5.41, 5.74) is 0. The van der Waals surface area contributed by atoms with E-state index >= 15 is 0 Å². The summed E-state index contributed by atoms with van der Waals surface area (Å²) in [5.74, 6) is -0.216. The molecule has 2 nitrogen and oxygen atoms in total. The number of hydrogen-bond acceptors (Lipinski definition) is 2. The predicted octanol–water partition coefficient (Wildman–Crippen LogP) is 1.18. The molecule has 0 atom stereocenters. The molecular weight excluding hydrogens is 156 g/mol. The molecule has 3 heteroatoms. The fourth-order valence-corrected chi connectivity index (χ4v) is 1.21. The van der Waals surface area contributed by atoms with Crippen LogP contribution in [0.1, 0.15) is 13.8 Å². The second kappa shape index (κ2) is 4.13. The zero-order chi connectivity index (χ0) is 8.91. The minimum absolute atomic E-state index is 0.161. The zero-order valence-corrected chi connectivity index (χ0v) is 8.51. The van der Waals surface area contributed by atoms with Crippen LogP contribution in [0.25, 0.3) is 0 Å². The number of allylic oxidation sites excluding steroid dienone is 2. The number of carbonyl (C=O) groups is 1. The highest BCUT2D eigenvalue weighted by atomic mass is 28.2. The van der Waals surface area contributed by atoms with E-state index in [0.29, 0.717) is 0 Å². The van der Waals surface area contributed by atoms with Crippen molar-refractivity contribution in [2.24, 2.45) is 0 Å². The summed E-state index contributed by atoms with van der Waals surface area (Å²) in [6.45, 7) is 10.7. The van der Waals surface area contributed by atoms with Crippen molar-refractivity contribution in [3.63, 3.8) is 0 Å². The number of carbonyl (C=O) groups excluding carboxylic acids is 1. The van der Waals surface area contributed by atoms with Gasteiger partial charge in [0, 0.05) is 12.0 Å². The molecule has 11 heavy (non-hydrogen) atoms. The lowest BCUT2D eigenvalue weighted by Crippen LogP contribution is -2.17. The first-order valence-corrected chi connectivity index (χ1v) is 4.73. The zero-order valence-electron chi connectivity index (χ0n) is 7.09. The molecule has 0 bridgehead atoms. The van der Waals surface area contributed by atoms with Crippen molar-refractivity contribution >= 4 is 15.7 Å². The Morgan fingerprint density at radius 3 is 2.27 bits per heavy atom. The largest absolute Gasteiger partial charge is 0.524 e.